The maximum Gasteiger partial charge on any atom is 0.119 e. The molecule has 1 atom stereocenters. The summed E-state index contributed by atoms with van der Waals surface area (Å²) in [5.41, 5.74) is 8.53. The lowest BCUT2D eigenvalue weighted by molar-refractivity contribution is 0.414. The van der Waals surface area contributed by atoms with E-state index in [1.807, 2.05) is 6.07 Å². The summed E-state index contributed by atoms with van der Waals surface area (Å²) >= 11 is 0. The van der Waals surface area contributed by atoms with E-state index in [1.54, 1.807) is 7.11 Å². The van der Waals surface area contributed by atoms with Gasteiger partial charge in [-0.3, -0.25) is 0 Å². The minimum absolute atomic E-state index is 0. The Bertz CT molecular complexity index is 314. The van der Waals surface area contributed by atoms with Crippen molar-refractivity contribution in [2.45, 2.75) is 18.8 Å². The van der Waals surface area contributed by atoms with Gasteiger partial charge in [-0.25, -0.2) is 0 Å². The molecule has 0 aliphatic heterocycles. The van der Waals surface area contributed by atoms with Crippen molar-refractivity contribution < 1.29 is 4.74 Å². The third kappa shape index (κ3) is 1.86. The van der Waals surface area contributed by atoms with Crippen molar-refractivity contribution in [3.05, 3.63) is 29.3 Å². The van der Waals surface area contributed by atoms with Crippen LogP contribution in [0.3, 0.4) is 0 Å². The summed E-state index contributed by atoms with van der Waals surface area (Å²) in [5.74, 6) is 1.49. The van der Waals surface area contributed by atoms with Crippen LogP contribution in [0.5, 0.6) is 5.75 Å². The van der Waals surface area contributed by atoms with Crippen LogP contribution in [0, 0.1) is 0 Å². The van der Waals surface area contributed by atoms with Crippen LogP contribution in [0.4, 0.5) is 0 Å². The highest BCUT2D eigenvalue weighted by Gasteiger charge is 2.21. The molecular formula is C11H16ClNO. The number of ether oxygens (including phenoxy) is 1. The van der Waals surface area contributed by atoms with E-state index in [9.17, 15) is 0 Å². The molecular weight excluding hydrogens is 198 g/mol. The number of rotatable bonds is 2. The minimum atomic E-state index is 0. The predicted octanol–water partition coefficient (Wildman–Crippen LogP) is 2.11. The summed E-state index contributed by atoms with van der Waals surface area (Å²) in [6.07, 6.45) is 2.36. The van der Waals surface area contributed by atoms with Gasteiger partial charge in [0, 0.05) is 0 Å². The summed E-state index contributed by atoms with van der Waals surface area (Å²) in [4.78, 5) is 0. The first-order chi connectivity index (χ1) is 6.35. The largest absolute Gasteiger partial charge is 0.497 e. The molecule has 0 fully saturated rings. The topological polar surface area (TPSA) is 35.2 Å². The van der Waals surface area contributed by atoms with Crippen LogP contribution in [-0.4, -0.2) is 13.7 Å². The number of hydrogen-bond donors (Lipinski definition) is 1. The molecule has 0 bridgehead atoms. The number of methoxy groups -OCH3 is 1. The Morgan fingerprint density at radius 2 is 2.29 bits per heavy atom. The number of halogens is 1. The molecule has 3 heteroatoms. The van der Waals surface area contributed by atoms with Gasteiger partial charge in [0.2, 0.25) is 0 Å². The summed E-state index contributed by atoms with van der Waals surface area (Å²) in [5, 5.41) is 0. The van der Waals surface area contributed by atoms with Gasteiger partial charge in [-0.05, 0) is 48.6 Å². The van der Waals surface area contributed by atoms with Crippen LogP contribution < -0.4 is 10.5 Å². The Morgan fingerprint density at radius 1 is 1.50 bits per heavy atom. The van der Waals surface area contributed by atoms with Crippen molar-refractivity contribution >= 4 is 12.4 Å². The zero-order valence-electron chi connectivity index (χ0n) is 8.32. The smallest absolute Gasteiger partial charge is 0.119 e. The first kappa shape index (κ1) is 11.3. The zero-order valence-corrected chi connectivity index (χ0v) is 9.14. The maximum atomic E-state index is 5.70. The molecule has 0 radical (unpaired) electrons. The molecule has 78 valence electrons. The van der Waals surface area contributed by atoms with E-state index in [4.69, 9.17) is 10.5 Å². The van der Waals surface area contributed by atoms with Crippen molar-refractivity contribution in [3.8, 4) is 5.75 Å². The van der Waals surface area contributed by atoms with Gasteiger partial charge in [0.1, 0.15) is 5.75 Å². The highest BCUT2D eigenvalue weighted by molar-refractivity contribution is 5.85. The van der Waals surface area contributed by atoms with Crippen molar-refractivity contribution in [2.24, 2.45) is 5.73 Å². The molecule has 0 saturated heterocycles. The second-order valence-electron chi connectivity index (χ2n) is 3.54. The van der Waals surface area contributed by atoms with Gasteiger partial charge in [0.15, 0.2) is 0 Å². The highest BCUT2D eigenvalue weighted by Crippen LogP contribution is 2.34. The van der Waals surface area contributed by atoms with Crippen molar-refractivity contribution in [3.63, 3.8) is 0 Å². The molecule has 0 saturated carbocycles. The molecule has 14 heavy (non-hydrogen) atoms. The third-order valence-electron chi connectivity index (χ3n) is 2.84. The average molecular weight is 214 g/mol. The van der Waals surface area contributed by atoms with Crippen LogP contribution >= 0.6 is 12.4 Å². The van der Waals surface area contributed by atoms with Crippen molar-refractivity contribution in [1.82, 2.24) is 0 Å². The molecule has 1 aliphatic rings. The minimum Gasteiger partial charge on any atom is -0.497 e. The Hall–Kier alpha value is -0.730. The highest BCUT2D eigenvalue weighted by atomic mass is 35.5. The van der Waals surface area contributed by atoms with Crippen molar-refractivity contribution in [2.75, 3.05) is 13.7 Å². The summed E-state index contributed by atoms with van der Waals surface area (Å²) < 4.78 is 5.19. The van der Waals surface area contributed by atoms with E-state index in [0.29, 0.717) is 5.92 Å². The first-order valence-electron chi connectivity index (χ1n) is 4.72. The van der Waals surface area contributed by atoms with E-state index < -0.39 is 0 Å². The second kappa shape index (κ2) is 4.67. The molecule has 2 rings (SSSR count). The summed E-state index contributed by atoms with van der Waals surface area (Å²) in [6.45, 7) is 0.750. The Morgan fingerprint density at radius 3 is 2.93 bits per heavy atom. The summed E-state index contributed by atoms with van der Waals surface area (Å²) in [6, 6.07) is 6.31. The monoisotopic (exact) mass is 213 g/mol. The Kier molecular flexibility index (Phi) is 3.78. The number of benzene rings is 1. The standard InChI is InChI=1S/C11H15NO.ClH/c1-13-10-5-4-8-2-3-9(7-12)11(8)6-10;/h4-6,9H,2-3,7,12H2,1H3;1H. The van der Waals surface area contributed by atoms with E-state index >= 15 is 0 Å². The fourth-order valence-electron chi connectivity index (χ4n) is 2.04. The lowest BCUT2D eigenvalue weighted by Crippen LogP contribution is -2.09. The van der Waals surface area contributed by atoms with Crippen LogP contribution in [0.2, 0.25) is 0 Å². The van der Waals surface area contributed by atoms with Gasteiger partial charge in [0.25, 0.3) is 0 Å². The van der Waals surface area contributed by atoms with E-state index in [0.717, 1.165) is 12.3 Å². The molecule has 1 aliphatic carbocycles. The van der Waals surface area contributed by atoms with Gasteiger partial charge in [-0.2, -0.15) is 0 Å². The number of nitrogens with two attached hydrogens (primary N) is 1. The van der Waals surface area contributed by atoms with Crippen molar-refractivity contribution in [1.29, 1.82) is 0 Å². The zero-order chi connectivity index (χ0) is 9.26. The quantitative estimate of drug-likeness (QED) is 0.817. The molecule has 0 spiro atoms. The van der Waals surface area contributed by atoms with E-state index in [2.05, 4.69) is 12.1 Å². The average Bonchev–Trinajstić information content (AvgIpc) is 2.59. The molecule has 1 aromatic rings. The van der Waals surface area contributed by atoms with Crippen LogP contribution in [0.1, 0.15) is 23.5 Å². The van der Waals surface area contributed by atoms with Crippen LogP contribution in [0.25, 0.3) is 0 Å². The number of aryl methyl sites for hydroxylation is 1. The molecule has 0 aromatic heterocycles. The Labute approximate surface area is 90.9 Å². The van der Waals surface area contributed by atoms with Crippen LogP contribution in [-0.2, 0) is 6.42 Å². The fraction of sp³-hybridized carbons (Fsp3) is 0.455. The van der Waals surface area contributed by atoms with Gasteiger partial charge in [0.05, 0.1) is 7.11 Å². The lowest BCUT2D eigenvalue weighted by atomic mass is 10.0. The maximum absolute atomic E-state index is 5.70. The van der Waals surface area contributed by atoms with Gasteiger partial charge < -0.3 is 10.5 Å². The molecule has 0 heterocycles. The van der Waals surface area contributed by atoms with E-state index in [1.165, 1.54) is 24.0 Å². The van der Waals surface area contributed by atoms with Gasteiger partial charge in [-0.15, -0.1) is 12.4 Å². The molecule has 1 aromatic carbocycles. The lowest BCUT2D eigenvalue weighted by Gasteiger charge is -2.09. The Balaban J connectivity index is 0.000000980. The molecule has 1 unspecified atom stereocenters. The predicted molar refractivity (Wildman–Crippen MR) is 60.4 cm³/mol. The van der Waals surface area contributed by atoms with Crippen LogP contribution in [0.15, 0.2) is 18.2 Å². The fourth-order valence-corrected chi connectivity index (χ4v) is 2.04. The third-order valence-corrected chi connectivity index (χ3v) is 2.84. The SMILES string of the molecule is COc1ccc2c(c1)C(CN)CC2.Cl. The van der Waals surface area contributed by atoms with Gasteiger partial charge in [-0.1, -0.05) is 6.07 Å². The number of fused-ring (bicyclic) bond motifs is 1. The normalized spacial score (nSPS) is 18.6. The summed E-state index contributed by atoms with van der Waals surface area (Å²) in [7, 11) is 1.70. The first-order valence-corrected chi connectivity index (χ1v) is 4.72. The molecule has 0 amide bonds. The van der Waals surface area contributed by atoms with E-state index in [-0.39, 0.29) is 12.4 Å². The number of hydrogen-bond acceptors (Lipinski definition) is 2. The molecule has 2 nitrogen and oxygen atoms in total. The second-order valence-corrected chi connectivity index (χ2v) is 3.54. The van der Waals surface area contributed by atoms with Gasteiger partial charge >= 0.3 is 0 Å². The molecule has 2 N–H and O–H groups in total.